The van der Waals surface area contributed by atoms with E-state index in [4.69, 9.17) is 4.42 Å². The zero-order chi connectivity index (χ0) is 12.1. The van der Waals surface area contributed by atoms with Gasteiger partial charge < -0.3 is 4.42 Å². The molecule has 1 rings (SSSR count). The molecule has 5 heteroatoms. The first-order valence-electron chi connectivity index (χ1n) is 4.64. The maximum absolute atomic E-state index is 12.2. The van der Waals surface area contributed by atoms with Gasteiger partial charge in [-0.05, 0) is 19.9 Å². The molecule has 16 heavy (non-hydrogen) atoms. The molecule has 0 aliphatic carbocycles. The van der Waals surface area contributed by atoms with E-state index < -0.39 is 12.3 Å². The van der Waals surface area contributed by atoms with E-state index in [1.54, 1.807) is 6.08 Å². The summed E-state index contributed by atoms with van der Waals surface area (Å²) in [5, 5.41) is 6.76. The van der Waals surface area contributed by atoms with Gasteiger partial charge in [0.1, 0.15) is 0 Å². The third-order valence-electron chi connectivity index (χ3n) is 1.69. The highest BCUT2D eigenvalue weighted by Gasteiger charge is 2.16. The monoisotopic (exact) mass is 226 g/mol. The zero-order valence-electron chi connectivity index (χ0n) is 9.08. The summed E-state index contributed by atoms with van der Waals surface area (Å²) in [6.07, 6.45) is 2.21. The fraction of sp³-hybridized carbons (Fsp3) is 0.273. The van der Waals surface area contributed by atoms with Crippen molar-refractivity contribution in [2.24, 2.45) is 0 Å². The Hall–Kier alpha value is -1.78. The summed E-state index contributed by atoms with van der Waals surface area (Å²) in [5.41, 5.74) is 1.58. The predicted molar refractivity (Wildman–Crippen MR) is 56.9 cm³/mol. The molecule has 0 atom stereocenters. The fourth-order valence-electron chi connectivity index (χ4n) is 0.923. The van der Waals surface area contributed by atoms with Gasteiger partial charge in [0.05, 0.1) is 0 Å². The average molecular weight is 226 g/mol. The number of rotatable bonds is 4. The summed E-state index contributed by atoms with van der Waals surface area (Å²) >= 11 is 0. The van der Waals surface area contributed by atoms with Crippen LogP contribution >= 0.6 is 0 Å². The van der Waals surface area contributed by atoms with Gasteiger partial charge in [0.25, 0.3) is 5.89 Å². The molecule has 0 fully saturated rings. The van der Waals surface area contributed by atoms with Gasteiger partial charge >= 0.3 is 6.43 Å². The van der Waals surface area contributed by atoms with Crippen molar-refractivity contribution in [1.29, 1.82) is 0 Å². The number of allylic oxidation sites excluding steroid dienone is 5. The highest BCUT2D eigenvalue weighted by Crippen LogP contribution is 2.21. The predicted octanol–water partition coefficient (Wildman–Crippen LogP) is 3.54. The Kier molecular flexibility index (Phi) is 4.10. The van der Waals surface area contributed by atoms with Gasteiger partial charge in [-0.15, -0.1) is 10.2 Å². The number of alkyl halides is 2. The Bertz CT molecular complexity index is 429. The Balaban J connectivity index is 3.00. The van der Waals surface area contributed by atoms with Crippen LogP contribution in [0.1, 0.15) is 32.1 Å². The van der Waals surface area contributed by atoms with Crippen LogP contribution in [0, 0.1) is 0 Å². The fourth-order valence-corrected chi connectivity index (χ4v) is 0.923. The molecule has 0 unspecified atom stereocenters. The van der Waals surface area contributed by atoms with E-state index in [0.29, 0.717) is 5.57 Å². The standard InChI is InChI=1S/C11H12F2N2O/c1-4-8(6-5-7(2)3)10-14-15-11(16-10)9(12)13/h4-6,9H,1H2,2-3H3/b8-6+. The van der Waals surface area contributed by atoms with Crippen LogP contribution in [0.3, 0.4) is 0 Å². The number of hydrogen-bond acceptors (Lipinski definition) is 3. The highest BCUT2D eigenvalue weighted by atomic mass is 19.3. The van der Waals surface area contributed by atoms with Crippen LogP contribution in [-0.4, -0.2) is 10.2 Å². The third-order valence-corrected chi connectivity index (χ3v) is 1.69. The molecule has 0 amide bonds. The van der Waals surface area contributed by atoms with E-state index >= 15 is 0 Å². The van der Waals surface area contributed by atoms with E-state index in [9.17, 15) is 8.78 Å². The van der Waals surface area contributed by atoms with Crippen molar-refractivity contribution in [2.75, 3.05) is 0 Å². The van der Waals surface area contributed by atoms with Crippen molar-refractivity contribution >= 4 is 5.57 Å². The molecule has 0 saturated carbocycles. The van der Waals surface area contributed by atoms with E-state index in [1.165, 1.54) is 6.08 Å². The first kappa shape index (κ1) is 12.3. The Morgan fingerprint density at radius 3 is 2.44 bits per heavy atom. The van der Waals surface area contributed by atoms with Crippen LogP contribution < -0.4 is 0 Å². The number of hydrogen-bond donors (Lipinski definition) is 0. The lowest BCUT2D eigenvalue weighted by atomic mass is 10.2. The molecular weight excluding hydrogens is 214 g/mol. The molecule has 0 aromatic carbocycles. The van der Waals surface area contributed by atoms with E-state index in [2.05, 4.69) is 16.8 Å². The smallest absolute Gasteiger partial charge is 0.314 e. The van der Waals surface area contributed by atoms with Crippen LogP contribution in [0.2, 0.25) is 0 Å². The van der Waals surface area contributed by atoms with Crippen LogP contribution in [0.15, 0.2) is 34.8 Å². The van der Waals surface area contributed by atoms with E-state index in [1.807, 2.05) is 19.9 Å². The van der Waals surface area contributed by atoms with E-state index in [0.717, 1.165) is 5.57 Å². The first-order valence-corrected chi connectivity index (χ1v) is 4.64. The molecule has 0 N–H and O–H groups in total. The van der Waals surface area contributed by atoms with Gasteiger partial charge in [-0.3, -0.25) is 0 Å². The molecule has 0 saturated heterocycles. The molecule has 86 valence electrons. The first-order chi connectivity index (χ1) is 7.54. The number of aromatic nitrogens is 2. The second-order valence-corrected chi connectivity index (χ2v) is 3.32. The molecule has 0 radical (unpaired) electrons. The van der Waals surface area contributed by atoms with Crippen molar-refractivity contribution in [3.8, 4) is 0 Å². The molecular formula is C11H12F2N2O. The van der Waals surface area contributed by atoms with Crippen molar-refractivity contribution in [1.82, 2.24) is 10.2 Å². The molecule has 1 aromatic rings. The van der Waals surface area contributed by atoms with Gasteiger partial charge in [-0.1, -0.05) is 24.3 Å². The highest BCUT2D eigenvalue weighted by molar-refractivity contribution is 5.69. The second kappa shape index (κ2) is 5.34. The molecule has 0 aliphatic heterocycles. The van der Waals surface area contributed by atoms with Gasteiger partial charge in [0.15, 0.2) is 0 Å². The largest absolute Gasteiger partial charge is 0.415 e. The van der Waals surface area contributed by atoms with Crippen LogP contribution in [0.5, 0.6) is 0 Å². The summed E-state index contributed by atoms with van der Waals surface area (Å²) in [4.78, 5) is 0. The van der Waals surface area contributed by atoms with Crippen LogP contribution in [0.4, 0.5) is 8.78 Å². The minimum absolute atomic E-state index is 0.0443. The van der Waals surface area contributed by atoms with Crippen molar-refractivity contribution < 1.29 is 13.2 Å². The lowest BCUT2D eigenvalue weighted by molar-refractivity contribution is 0.114. The van der Waals surface area contributed by atoms with Gasteiger partial charge in [-0.2, -0.15) is 8.78 Å². The summed E-state index contributed by atoms with van der Waals surface area (Å²) in [7, 11) is 0. The maximum atomic E-state index is 12.2. The quantitative estimate of drug-likeness (QED) is 0.737. The zero-order valence-corrected chi connectivity index (χ0v) is 9.08. The lowest BCUT2D eigenvalue weighted by Crippen LogP contribution is -1.81. The van der Waals surface area contributed by atoms with Crippen molar-refractivity contribution in [3.05, 3.63) is 42.2 Å². The Labute approximate surface area is 92.2 Å². The number of halogens is 2. The minimum atomic E-state index is -2.75. The molecule has 0 aliphatic rings. The van der Waals surface area contributed by atoms with Crippen molar-refractivity contribution in [3.63, 3.8) is 0 Å². The van der Waals surface area contributed by atoms with E-state index in [-0.39, 0.29) is 5.89 Å². The Morgan fingerprint density at radius 1 is 1.31 bits per heavy atom. The van der Waals surface area contributed by atoms with Gasteiger partial charge in [0.2, 0.25) is 5.89 Å². The summed E-state index contributed by atoms with van der Waals surface area (Å²) in [6.45, 7) is 7.38. The SMILES string of the molecule is C=C/C(=C\C=C(C)C)c1nnc(C(F)F)o1. The Morgan fingerprint density at radius 2 is 2.00 bits per heavy atom. The third kappa shape index (κ3) is 3.12. The normalized spacial score (nSPS) is 11.7. The molecule has 0 spiro atoms. The second-order valence-electron chi connectivity index (χ2n) is 3.32. The topological polar surface area (TPSA) is 38.9 Å². The lowest BCUT2D eigenvalue weighted by Gasteiger charge is -1.93. The molecule has 0 bridgehead atoms. The number of nitrogens with zero attached hydrogens (tertiary/aromatic N) is 2. The summed E-state index contributed by atoms with van der Waals surface area (Å²) in [6, 6.07) is 0. The minimum Gasteiger partial charge on any atom is -0.415 e. The van der Waals surface area contributed by atoms with Crippen LogP contribution in [-0.2, 0) is 0 Å². The average Bonchev–Trinajstić information content (AvgIpc) is 2.67. The van der Waals surface area contributed by atoms with Crippen molar-refractivity contribution in [2.45, 2.75) is 20.3 Å². The molecule has 1 heterocycles. The molecule has 1 aromatic heterocycles. The van der Waals surface area contributed by atoms with Crippen LogP contribution in [0.25, 0.3) is 5.57 Å². The van der Waals surface area contributed by atoms with Gasteiger partial charge in [-0.25, -0.2) is 0 Å². The summed E-state index contributed by atoms with van der Waals surface area (Å²) in [5.74, 6) is -0.636. The molecule has 3 nitrogen and oxygen atoms in total. The summed E-state index contributed by atoms with van der Waals surface area (Å²) < 4.78 is 29.2. The van der Waals surface area contributed by atoms with Gasteiger partial charge in [0, 0.05) is 5.57 Å². The maximum Gasteiger partial charge on any atom is 0.314 e.